The van der Waals surface area contributed by atoms with Crippen LogP contribution in [0.2, 0.25) is 5.02 Å². The van der Waals surface area contributed by atoms with Crippen molar-refractivity contribution in [2.24, 2.45) is 4.99 Å². The van der Waals surface area contributed by atoms with Crippen molar-refractivity contribution in [3.05, 3.63) is 110 Å². The van der Waals surface area contributed by atoms with Crippen LogP contribution in [0.4, 0.5) is 5.69 Å². The zero-order chi connectivity index (χ0) is 38.7. The van der Waals surface area contributed by atoms with E-state index in [2.05, 4.69) is 54.2 Å². The van der Waals surface area contributed by atoms with Crippen LogP contribution in [0, 0.1) is 25.7 Å². The molecule has 5 aromatic rings. The molecule has 2 aromatic carbocycles. The summed E-state index contributed by atoms with van der Waals surface area (Å²) in [5, 5.41) is 21.1. The highest BCUT2D eigenvalue weighted by molar-refractivity contribution is 7.15. The molecule has 3 aromatic heterocycles. The number of piperidine rings is 1. The van der Waals surface area contributed by atoms with Gasteiger partial charge in [0.1, 0.15) is 22.9 Å². The van der Waals surface area contributed by atoms with E-state index in [1.807, 2.05) is 73.4 Å². The fourth-order valence-corrected chi connectivity index (χ4v) is 9.36. The Bertz CT molecular complexity index is 2500. The number of hydrogen-bond acceptors (Lipinski definition) is 10. The Balaban J connectivity index is 0.813. The van der Waals surface area contributed by atoms with Crippen LogP contribution in [-0.2, 0) is 22.7 Å². The van der Waals surface area contributed by atoms with Crippen molar-refractivity contribution in [2.75, 3.05) is 25.0 Å². The minimum Gasteiger partial charge on any atom is -0.379 e. The molecular formula is C41H39ClN10O3S. The molecule has 7 heterocycles. The van der Waals surface area contributed by atoms with Crippen LogP contribution in [0.3, 0.4) is 0 Å². The van der Waals surface area contributed by atoms with E-state index in [0.717, 1.165) is 93.3 Å². The summed E-state index contributed by atoms with van der Waals surface area (Å²) in [6.45, 7) is 9.98. The van der Waals surface area contributed by atoms with E-state index >= 15 is 0 Å². The molecule has 56 heavy (non-hydrogen) atoms. The maximum Gasteiger partial charge on any atom is 0.255 e. The number of carbonyl (C=O) groups excluding carboxylic acids is 3. The van der Waals surface area contributed by atoms with Gasteiger partial charge in [0.15, 0.2) is 5.82 Å². The Labute approximate surface area is 332 Å². The minimum atomic E-state index is -0.624. The van der Waals surface area contributed by atoms with E-state index in [0.29, 0.717) is 23.6 Å². The lowest BCUT2D eigenvalue weighted by Crippen LogP contribution is -2.55. The van der Waals surface area contributed by atoms with Gasteiger partial charge in [-0.1, -0.05) is 41.6 Å². The molecular weight excluding hydrogens is 748 g/mol. The van der Waals surface area contributed by atoms with Crippen molar-refractivity contribution in [2.45, 2.75) is 71.2 Å². The first-order valence-electron chi connectivity index (χ1n) is 18.8. The lowest BCUT2D eigenvalue weighted by molar-refractivity contribution is -0.136. The molecule has 0 bridgehead atoms. The van der Waals surface area contributed by atoms with Crippen molar-refractivity contribution < 1.29 is 14.4 Å². The van der Waals surface area contributed by atoms with Crippen LogP contribution in [-0.4, -0.2) is 89.5 Å². The molecule has 4 aliphatic rings. The molecule has 2 fully saturated rings. The molecule has 3 amide bonds. The largest absolute Gasteiger partial charge is 0.379 e. The Morgan fingerprint density at radius 1 is 1.04 bits per heavy atom. The summed E-state index contributed by atoms with van der Waals surface area (Å²) in [6, 6.07) is 12.9. The number of amides is 3. The van der Waals surface area contributed by atoms with Gasteiger partial charge in [-0.3, -0.25) is 38.8 Å². The number of hydrogen-bond donors (Lipinski definition) is 2. The predicted octanol–water partition coefficient (Wildman–Crippen LogP) is 5.05. The molecule has 284 valence electrons. The SMILES string of the molecule is Cc1c(C#Cc2cnn(CCCN3CC(Nc4cccc5c4CN(C4CCC(=O)NC4=O)C5=O)C3)c2)sc2c1C(c1ccc(Cl)cc1)=N[C@@H](C)c1nnc(C)n1-2. The number of aryl methyl sites for hydroxylation is 2. The maximum absolute atomic E-state index is 13.2. The highest BCUT2D eigenvalue weighted by Gasteiger charge is 2.40. The number of rotatable bonds is 8. The summed E-state index contributed by atoms with van der Waals surface area (Å²) in [5.74, 6) is 7.55. The van der Waals surface area contributed by atoms with Gasteiger partial charge in [-0.2, -0.15) is 5.10 Å². The molecule has 2 saturated heterocycles. The third-order valence-corrected chi connectivity index (χ3v) is 12.4. The Hall–Kier alpha value is -5.62. The third-order valence-electron chi connectivity index (χ3n) is 10.9. The monoisotopic (exact) mass is 786 g/mol. The summed E-state index contributed by atoms with van der Waals surface area (Å²) in [7, 11) is 0. The summed E-state index contributed by atoms with van der Waals surface area (Å²) in [4.78, 5) is 47.4. The number of carbonyl (C=O) groups is 3. The number of likely N-dealkylation sites (tertiary alicyclic amines) is 1. The van der Waals surface area contributed by atoms with E-state index in [9.17, 15) is 14.4 Å². The van der Waals surface area contributed by atoms with Crippen LogP contribution in [0.15, 0.2) is 59.9 Å². The van der Waals surface area contributed by atoms with E-state index < -0.39 is 11.9 Å². The molecule has 9 rings (SSSR count). The number of halogens is 1. The normalized spacial score (nSPS) is 19.3. The number of thiophene rings is 1. The van der Waals surface area contributed by atoms with Gasteiger partial charge in [0, 0.05) is 78.3 Å². The summed E-state index contributed by atoms with van der Waals surface area (Å²) >= 11 is 7.86. The number of fused-ring (bicyclic) bond motifs is 4. The van der Waals surface area contributed by atoms with Gasteiger partial charge < -0.3 is 10.2 Å². The van der Waals surface area contributed by atoms with E-state index in [-0.39, 0.29) is 30.3 Å². The molecule has 2 N–H and O–H groups in total. The minimum absolute atomic E-state index is 0.160. The topological polar surface area (TPSA) is 143 Å². The van der Waals surface area contributed by atoms with Crippen LogP contribution in [0.1, 0.15) is 86.9 Å². The van der Waals surface area contributed by atoms with Crippen LogP contribution in [0.25, 0.3) is 5.00 Å². The van der Waals surface area contributed by atoms with Crippen LogP contribution < -0.4 is 10.6 Å². The van der Waals surface area contributed by atoms with Gasteiger partial charge in [0.25, 0.3) is 5.91 Å². The quantitative estimate of drug-likeness (QED) is 0.164. The first-order chi connectivity index (χ1) is 27.1. The smallest absolute Gasteiger partial charge is 0.255 e. The Morgan fingerprint density at radius 3 is 2.66 bits per heavy atom. The fourth-order valence-electron chi connectivity index (χ4n) is 8.02. The number of nitrogens with one attached hydrogen (secondary N) is 2. The first kappa shape index (κ1) is 36.0. The molecule has 2 atom stereocenters. The van der Waals surface area contributed by atoms with E-state index in [1.54, 1.807) is 16.2 Å². The van der Waals surface area contributed by atoms with Crippen molar-refractivity contribution in [3.8, 4) is 16.8 Å². The van der Waals surface area contributed by atoms with Crippen LogP contribution >= 0.6 is 22.9 Å². The van der Waals surface area contributed by atoms with Crippen molar-refractivity contribution in [1.29, 1.82) is 0 Å². The molecule has 0 spiro atoms. The predicted molar refractivity (Wildman–Crippen MR) is 213 cm³/mol. The summed E-state index contributed by atoms with van der Waals surface area (Å²) < 4.78 is 4.06. The van der Waals surface area contributed by atoms with Gasteiger partial charge in [0.05, 0.1) is 28.4 Å². The average molecular weight is 787 g/mol. The molecule has 4 aliphatic heterocycles. The Morgan fingerprint density at radius 2 is 1.86 bits per heavy atom. The number of nitrogens with zero attached hydrogens (tertiary/aromatic N) is 8. The van der Waals surface area contributed by atoms with E-state index in [1.165, 1.54) is 0 Å². The van der Waals surface area contributed by atoms with E-state index in [4.69, 9.17) is 16.6 Å². The average Bonchev–Trinajstić information content (AvgIpc) is 3.92. The molecule has 0 aliphatic carbocycles. The number of aliphatic imine (C=N–C) groups is 1. The number of imide groups is 1. The second-order valence-corrected chi connectivity index (χ2v) is 16.2. The van der Waals surface area contributed by atoms with Crippen molar-refractivity contribution in [3.63, 3.8) is 0 Å². The third kappa shape index (κ3) is 6.59. The van der Waals surface area contributed by atoms with Gasteiger partial charge in [-0.25, -0.2) is 0 Å². The lowest BCUT2D eigenvalue weighted by Gasteiger charge is -2.40. The zero-order valence-corrected chi connectivity index (χ0v) is 32.7. The molecule has 0 saturated carbocycles. The molecule has 15 heteroatoms. The summed E-state index contributed by atoms with van der Waals surface area (Å²) in [6.07, 6.45) is 5.35. The van der Waals surface area contributed by atoms with Gasteiger partial charge >= 0.3 is 0 Å². The lowest BCUT2D eigenvalue weighted by atomic mass is 9.99. The molecule has 1 unspecified atom stereocenters. The number of aromatic nitrogens is 5. The van der Waals surface area contributed by atoms with Crippen molar-refractivity contribution in [1.82, 2.24) is 39.7 Å². The zero-order valence-electron chi connectivity index (χ0n) is 31.2. The first-order valence-corrected chi connectivity index (χ1v) is 20.0. The summed E-state index contributed by atoms with van der Waals surface area (Å²) in [5.41, 5.74) is 7.29. The van der Waals surface area contributed by atoms with Gasteiger partial charge in [0.2, 0.25) is 11.8 Å². The molecule has 13 nitrogen and oxygen atoms in total. The number of benzene rings is 2. The molecule has 0 radical (unpaired) electrons. The second-order valence-electron chi connectivity index (χ2n) is 14.8. The van der Waals surface area contributed by atoms with Gasteiger partial charge in [-0.15, -0.1) is 21.5 Å². The van der Waals surface area contributed by atoms with Gasteiger partial charge in [-0.05, 0) is 63.4 Å². The highest BCUT2D eigenvalue weighted by Crippen LogP contribution is 2.39. The van der Waals surface area contributed by atoms with Crippen molar-refractivity contribution >= 4 is 52.1 Å². The number of anilines is 1. The maximum atomic E-state index is 13.2. The second kappa shape index (κ2) is 14.5. The van der Waals surface area contributed by atoms with Crippen LogP contribution in [0.5, 0.6) is 0 Å². The Kier molecular flexibility index (Phi) is 9.31. The highest BCUT2D eigenvalue weighted by atomic mass is 35.5. The standard InChI is InChI=1S/C41H39ClN10O3S/c1-23-34(56-41-36(23)37(27-9-11-28(42)12-10-27)44-24(2)38-48-47-25(3)52(38)41)14-8-26-18-43-50(19-26)17-5-16-49-20-29(21-49)45-32-7-4-6-30-31(32)22-51(40(30)55)33-13-15-35(53)46-39(33)54/h4,6-7,9-12,18-19,24,29,33,45H,5,13,15-17,20-22H2,1-3H3,(H,46,53,54)/t24-,33?/m0/s1. The fraction of sp³-hybridized carbons (Fsp3) is 0.341.